The van der Waals surface area contributed by atoms with Gasteiger partial charge in [0.05, 0.1) is 17.5 Å². The number of piperazine rings is 1. The normalized spacial score (nSPS) is 20.7. The highest BCUT2D eigenvalue weighted by atomic mass is 35.5. The average Bonchev–Trinajstić information content (AvgIpc) is 3.15. The number of aliphatic hydroxyl groups excluding tert-OH is 1. The number of likely N-dealkylation sites (tertiary alicyclic amines) is 1. The lowest BCUT2D eigenvalue weighted by Crippen LogP contribution is -2.74. The molecule has 2 aromatic rings. The Labute approximate surface area is 230 Å². The molecule has 0 saturated carbocycles. The number of rotatable bonds is 8. The first-order valence-electron chi connectivity index (χ1n) is 13.0. The number of hydrogen-bond acceptors (Lipinski definition) is 5. The Morgan fingerprint density at radius 3 is 2.43 bits per heavy atom. The molecule has 1 spiro atoms. The van der Waals surface area contributed by atoms with E-state index in [-0.39, 0.29) is 30.1 Å². The van der Waals surface area contributed by atoms with E-state index in [1.807, 2.05) is 51.1 Å². The molecule has 2 aliphatic rings. The minimum Gasteiger partial charge on any atom is -0.390 e. The van der Waals surface area contributed by atoms with Gasteiger partial charge in [-0.3, -0.25) is 14.5 Å². The molecule has 2 aliphatic heterocycles. The second kappa shape index (κ2) is 12.2. The number of nitrogens with one attached hydrogen (secondary N) is 1. The zero-order chi connectivity index (χ0) is 26.0. The van der Waals surface area contributed by atoms with Crippen LogP contribution in [0, 0.1) is 12.8 Å². The topological polar surface area (TPSA) is 90.7 Å². The van der Waals surface area contributed by atoms with Gasteiger partial charge in [0.15, 0.2) is 0 Å². The third kappa shape index (κ3) is 5.67. The summed E-state index contributed by atoms with van der Waals surface area (Å²) in [7, 11) is 0. The molecule has 2 amide bonds. The summed E-state index contributed by atoms with van der Waals surface area (Å²) in [5, 5.41) is 18.8. The number of hydrogen-bond donors (Lipinski definition) is 2. The molecule has 0 bridgehead atoms. The smallest absolute Gasteiger partial charge is 0.248 e. The highest BCUT2D eigenvalue weighted by Gasteiger charge is 2.54. The van der Waals surface area contributed by atoms with Crippen molar-refractivity contribution in [1.29, 1.82) is 0 Å². The largest absolute Gasteiger partial charge is 0.390 e. The number of halogens is 2. The van der Waals surface area contributed by atoms with Gasteiger partial charge in [-0.25, -0.2) is 4.68 Å². The standard InChI is InChI=1S/C27H38ClN5O3.ClH/c1-5-6-14-32-25(35)22(23(34)18(2)3)29-26(36)27(32)12-15-31(16-13-27)17-21-19(4)30-33(24(21)28)20-10-8-7-9-11-20;/h7-11,18,22-23,34H,5-6,12-17H2,1-4H3,(H,29,36);1H/t22-,23-;/m1./s1. The maximum atomic E-state index is 13.5. The van der Waals surface area contributed by atoms with Crippen molar-refractivity contribution in [3.63, 3.8) is 0 Å². The molecule has 0 aliphatic carbocycles. The van der Waals surface area contributed by atoms with E-state index in [9.17, 15) is 14.7 Å². The van der Waals surface area contributed by atoms with Crippen LogP contribution < -0.4 is 5.32 Å². The number of aliphatic hydroxyl groups is 1. The maximum absolute atomic E-state index is 13.5. The van der Waals surface area contributed by atoms with E-state index < -0.39 is 17.7 Å². The highest BCUT2D eigenvalue weighted by Crippen LogP contribution is 2.35. The lowest BCUT2D eigenvalue weighted by molar-refractivity contribution is -0.165. The quantitative estimate of drug-likeness (QED) is 0.521. The van der Waals surface area contributed by atoms with Gasteiger partial charge in [-0.15, -0.1) is 12.4 Å². The molecular weight excluding hydrogens is 513 g/mol. The zero-order valence-corrected chi connectivity index (χ0v) is 23.7. The number of carbonyl (C=O) groups excluding carboxylic acids is 2. The van der Waals surface area contributed by atoms with E-state index >= 15 is 0 Å². The third-order valence-electron chi connectivity index (χ3n) is 7.71. The van der Waals surface area contributed by atoms with Gasteiger partial charge in [0.25, 0.3) is 0 Å². The molecule has 204 valence electrons. The maximum Gasteiger partial charge on any atom is 0.248 e. The first-order chi connectivity index (χ1) is 17.2. The van der Waals surface area contributed by atoms with Crippen LogP contribution in [0.25, 0.3) is 5.69 Å². The second-order valence-corrected chi connectivity index (χ2v) is 10.8. The molecule has 1 aromatic heterocycles. The number of aromatic nitrogens is 2. The van der Waals surface area contributed by atoms with Crippen molar-refractivity contribution in [2.45, 2.75) is 77.6 Å². The van der Waals surface area contributed by atoms with Crippen LogP contribution in [-0.4, -0.2) is 73.8 Å². The summed E-state index contributed by atoms with van der Waals surface area (Å²) in [4.78, 5) is 31.0. The van der Waals surface area contributed by atoms with E-state index in [0.717, 1.165) is 29.8 Å². The monoisotopic (exact) mass is 551 g/mol. The Balaban J connectivity index is 0.00000380. The van der Waals surface area contributed by atoms with Gasteiger partial charge < -0.3 is 15.3 Å². The van der Waals surface area contributed by atoms with Crippen molar-refractivity contribution in [2.24, 2.45) is 5.92 Å². The molecular formula is C27H39Cl2N5O3. The van der Waals surface area contributed by atoms with Crippen molar-refractivity contribution in [2.75, 3.05) is 19.6 Å². The molecule has 0 radical (unpaired) electrons. The Bertz CT molecular complexity index is 1080. The molecule has 0 unspecified atom stereocenters. The second-order valence-electron chi connectivity index (χ2n) is 10.4. The van der Waals surface area contributed by atoms with Gasteiger partial charge in [-0.2, -0.15) is 5.10 Å². The lowest BCUT2D eigenvalue weighted by atomic mass is 9.80. The summed E-state index contributed by atoms with van der Waals surface area (Å²) in [6.45, 7) is 10.2. The van der Waals surface area contributed by atoms with Crippen LogP contribution in [-0.2, 0) is 16.1 Å². The first-order valence-corrected chi connectivity index (χ1v) is 13.4. The van der Waals surface area contributed by atoms with E-state index in [1.165, 1.54) is 0 Å². The SMILES string of the molecule is CCCCN1C(=O)[C@@H]([C@H](O)C(C)C)NC(=O)C12CCN(Cc1c(C)nn(-c3ccccc3)c1Cl)CC2.Cl. The molecule has 8 nitrogen and oxygen atoms in total. The highest BCUT2D eigenvalue weighted by molar-refractivity contribution is 6.30. The van der Waals surface area contributed by atoms with Gasteiger partial charge >= 0.3 is 0 Å². The fourth-order valence-corrected chi connectivity index (χ4v) is 5.68. The number of benzene rings is 1. The fraction of sp³-hybridized carbons (Fsp3) is 0.593. The molecule has 2 fully saturated rings. The number of nitrogens with zero attached hydrogens (tertiary/aromatic N) is 4. The number of carbonyl (C=O) groups is 2. The first kappa shape index (κ1) is 29.4. The fourth-order valence-electron chi connectivity index (χ4n) is 5.35. The van der Waals surface area contributed by atoms with Crippen LogP contribution in [0.3, 0.4) is 0 Å². The van der Waals surface area contributed by atoms with Gasteiger partial charge in [0, 0.05) is 31.7 Å². The lowest BCUT2D eigenvalue weighted by Gasteiger charge is -2.52. The zero-order valence-electron chi connectivity index (χ0n) is 22.1. The number of piperidine rings is 1. The van der Waals surface area contributed by atoms with Crippen LogP contribution in [0.15, 0.2) is 30.3 Å². The van der Waals surface area contributed by atoms with Crippen molar-refractivity contribution >= 4 is 35.8 Å². The minimum atomic E-state index is -0.908. The molecule has 2 atom stereocenters. The van der Waals surface area contributed by atoms with Gasteiger partial charge in [0.1, 0.15) is 16.7 Å². The van der Waals surface area contributed by atoms with Gasteiger partial charge in [0.2, 0.25) is 11.8 Å². The van der Waals surface area contributed by atoms with Crippen molar-refractivity contribution in [3.8, 4) is 5.69 Å². The summed E-state index contributed by atoms with van der Waals surface area (Å²) >= 11 is 6.75. The molecule has 4 rings (SSSR count). The van der Waals surface area contributed by atoms with E-state index in [0.29, 0.717) is 44.2 Å². The third-order valence-corrected chi connectivity index (χ3v) is 8.09. The Morgan fingerprint density at radius 1 is 1.19 bits per heavy atom. The van der Waals surface area contributed by atoms with Crippen LogP contribution >= 0.6 is 24.0 Å². The summed E-state index contributed by atoms with van der Waals surface area (Å²) in [6, 6.07) is 8.93. The summed E-state index contributed by atoms with van der Waals surface area (Å²) in [5.74, 6) is -0.442. The predicted octanol–water partition coefficient (Wildman–Crippen LogP) is 3.73. The summed E-state index contributed by atoms with van der Waals surface area (Å²) in [5.41, 5.74) is 1.90. The molecule has 37 heavy (non-hydrogen) atoms. The van der Waals surface area contributed by atoms with E-state index in [1.54, 1.807) is 9.58 Å². The Morgan fingerprint density at radius 2 is 1.84 bits per heavy atom. The molecule has 3 heterocycles. The summed E-state index contributed by atoms with van der Waals surface area (Å²) < 4.78 is 1.76. The summed E-state index contributed by atoms with van der Waals surface area (Å²) in [6.07, 6.45) is 1.93. The molecule has 2 saturated heterocycles. The minimum absolute atomic E-state index is 0. The van der Waals surface area contributed by atoms with Gasteiger partial charge in [-0.1, -0.05) is 57.0 Å². The van der Waals surface area contributed by atoms with Crippen LogP contribution in [0.4, 0.5) is 0 Å². The average molecular weight is 553 g/mol. The van der Waals surface area contributed by atoms with Gasteiger partial charge in [-0.05, 0) is 44.2 Å². The predicted molar refractivity (Wildman–Crippen MR) is 147 cm³/mol. The number of aryl methyl sites for hydroxylation is 1. The van der Waals surface area contributed by atoms with Crippen LogP contribution in [0.1, 0.15) is 57.7 Å². The molecule has 2 N–H and O–H groups in total. The van der Waals surface area contributed by atoms with Crippen LogP contribution in [0.2, 0.25) is 5.15 Å². The number of amides is 2. The Hall–Kier alpha value is -2.13. The van der Waals surface area contributed by atoms with Crippen molar-refractivity contribution in [1.82, 2.24) is 24.9 Å². The van der Waals surface area contributed by atoms with Crippen molar-refractivity contribution < 1.29 is 14.7 Å². The van der Waals surface area contributed by atoms with E-state index in [2.05, 4.69) is 22.2 Å². The van der Waals surface area contributed by atoms with Crippen molar-refractivity contribution in [3.05, 3.63) is 46.7 Å². The van der Waals surface area contributed by atoms with Crippen LogP contribution in [0.5, 0.6) is 0 Å². The number of para-hydroxylation sites is 1. The molecule has 10 heteroatoms. The van der Waals surface area contributed by atoms with E-state index in [4.69, 9.17) is 11.6 Å². The Kier molecular flexibility index (Phi) is 9.67. The molecule has 1 aromatic carbocycles. The number of unbranched alkanes of at least 4 members (excludes halogenated alkanes) is 1.